The van der Waals surface area contributed by atoms with Gasteiger partial charge in [-0.15, -0.1) is 0 Å². The fraction of sp³-hybridized carbons (Fsp3) is 0.0476. The minimum atomic E-state index is -0.930. The molecule has 0 aliphatic carbocycles. The van der Waals surface area contributed by atoms with E-state index in [1.807, 2.05) is 6.92 Å². The van der Waals surface area contributed by atoms with Gasteiger partial charge in [0.25, 0.3) is 5.91 Å². The Hall–Kier alpha value is -4.14. The molecule has 2 heterocycles. The minimum absolute atomic E-state index is 0.318. The second kappa shape index (κ2) is 8.08. The summed E-state index contributed by atoms with van der Waals surface area (Å²) in [6.45, 7) is 1.85. The number of ether oxygens (including phenoxy) is 1. The third-order valence-corrected chi connectivity index (χ3v) is 4.22. The summed E-state index contributed by atoms with van der Waals surface area (Å²) in [6.07, 6.45) is 4.82. The number of carbonyl (C=O) groups is 1. The number of imidazole rings is 1. The monoisotopic (exact) mass is 407 g/mol. The first-order chi connectivity index (χ1) is 14.5. The first-order valence-corrected chi connectivity index (χ1v) is 8.87. The van der Waals surface area contributed by atoms with Crippen LogP contribution in [0.2, 0.25) is 0 Å². The minimum Gasteiger partial charge on any atom is -0.439 e. The van der Waals surface area contributed by atoms with Crippen molar-refractivity contribution in [2.45, 2.75) is 6.92 Å². The van der Waals surface area contributed by atoms with Gasteiger partial charge in [-0.25, -0.2) is 23.7 Å². The lowest BCUT2D eigenvalue weighted by Gasteiger charge is -2.09. The summed E-state index contributed by atoms with van der Waals surface area (Å²) in [4.78, 5) is 24.6. The van der Waals surface area contributed by atoms with E-state index in [0.29, 0.717) is 23.1 Å². The van der Waals surface area contributed by atoms with Gasteiger partial charge < -0.3 is 10.1 Å². The van der Waals surface area contributed by atoms with Crippen molar-refractivity contribution in [2.24, 2.45) is 0 Å². The summed E-state index contributed by atoms with van der Waals surface area (Å²) in [6, 6.07) is 11.2. The zero-order valence-electron chi connectivity index (χ0n) is 15.7. The molecule has 0 aliphatic rings. The Morgan fingerprint density at radius 2 is 1.77 bits per heavy atom. The molecule has 0 fully saturated rings. The molecule has 0 unspecified atom stereocenters. The second-order valence-electron chi connectivity index (χ2n) is 6.24. The first-order valence-electron chi connectivity index (χ1n) is 8.87. The van der Waals surface area contributed by atoms with Crippen LogP contribution in [0.15, 0.2) is 67.3 Å². The van der Waals surface area contributed by atoms with Gasteiger partial charge in [-0.2, -0.15) is 0 Å². The molecule has 0 radical (unpaired) electrons. The topological polar surface area (TPSA) is 81.9 Å². The zero-order valence-corrected chi connectivity index (χ0v) is 15.7. The summed E-state index contributed by atoms with van der Waals surface area (Å²) in [5, 5.41) is 2.45. The summed E-state index contributed by atoms with van der Waals surface area (Å²) in [5.74, 6) is -0.595. The number of hydrogen-bond donors (Lipinski definition) is 1. The van der Waals surface area contributed by atoms with Crippen LogP contribution in [0.1, 0.15) is 16.2 Å². The summed E-state index contributed by atoms with van der Waals surface area (Å²) < 4.78 is 35.0. The van der Waals surface area contributed by atoms with Gasteiger partial charge in [0.1, 0.15) is 40.9 Å². The Morgan fingerprint density at radius 1 is 1.03 bits per heavy atom. The van der Waals surface area contributed by atoms with Gasteiger partial charge in [0, 0.05) is 24.1 Å². The van der Waals surface area contributed by atoms with Crippen LogP contribution in [0.4, 0.5) is 14.5 Å². The number of amides is 1. The Bertz CT molecular complexity index is 1190. The maximum absolute atomic E-state index is 13.7. The van der Waals surface area contributed by atoms with E-state index in [4.69, 9.17) is 4.74 Å². The van der Waals surface area contributed by atoms with Crippen molar-refractivity contribution in [3.8, 4) is 17.4 Å². The molecule has 150 valence electrons. The molecule has 0 saturated heterocycles. The van der Waals surface area contributed by atoms with E-state index in [1.165, 1.54) is 12.4 Å². The average molecular weight is 407 g/mol. The van der Waals surface area contributed by atoms with Gasteiger partial charge in [0.2, 0.25) is 5.88 Å². The van der Waals surface area contributed by atoms with E-state index < -0.39 is 23.1 Å². The molecule has 4 aromatic rings. The van der Waals surface area contributed by atoms with Gasteiger partial charge in [-0.1, -0.05) is 6.07 Å². The molecule has 1 N–H and O–H groups in total. The Kier molecular flexibility index (Phi) is 5.17. The molecule has 0 spiro atoms. The molecule has 7 nitrogen and oxygen atoms in total. The summed E-state index contributed by atoms with van der Waals surface area (Å²) >= 11 is 0. The molecule has 0 atom stereocenters. The van der Waals surface area contributed by atoms with Crippen LogP contribution in [-0.2, 0) is 0 Å². The van der Waals surface area contributed by atoms with Crippen molar-refractivity contribution in [3.05, 3.63) is 90.3 Å². The highest BCUT2D eigenvalue weighted by Crippen LogP contribution is 2.23. The van der Waals surface area contributed by atoms with Gasteiger partial charge in [-0.05, 0) is 43.3 Å². The number of nitrogens with zero attached hydrogens (tertiary/aromatic N) is 4. The molecule has 9 heteroatoms. The third-order valence-electron chi connectivity index (χ3n) is 4.22. The van der Waals surface area contributed by atoms with E-state index in [2.05, 4.69) is 20.3 Å². The summed E-state index contributed by atoms with van der Waals surface area (Å²) in [7, 11) is 0. The first kappa shape index (κ1) is 19.2. The van der Waals surface area contributed by atoms with E-state index in [1.54, 1.807) is 47.3 Å². The lowest BCUT2D eigenvalue weighted by Crippen LogP contribution is -2.15. The number of aromatic nitrogens is 4. The molecule has 30 heavy (non-hydrogen) atoms. The number of halogens is 2. The second-order valence-corrected chi connectivity index (χ2v) is 6.24. The van der Waals surface area contributed by atoms with Crippen LogP contribution in [-0.4, -0.2) is 25.4 Å². The number of rotatable bonds is 5. The number of hydrogen-bond acceptors (Lipinski definition) is 5. The van der Waals surface area contributed by atoms with E-state index in [-0.39, 0.29) is 0 Å². The predicted molar refractivity (Wildman–Crippen MR) is 105 cm³/mol. The number of carbonyl (C=O) groups excluding carboxylic acids is 1. The van der Waals surface area contributed by atoms with Gasteiger partial charge >= 0.3 is 0 Å². The van der Waals surface area contributed by atoms with Crippen molar-refractivity contribution >= 4 is 11.6 Å². The van der Waals surface area contributed by atoms with Crippen molar-refractivity contribution in [1.82, 2.24) is 19.5 Å². The highest BCUT2D eigenvalue weighted by Gasteiger charge is 2.17. The molecule has 2 aromatic heterocycles. The van der Waals surface area contributed by atoms with Gasteiger partial charge in [-0.3, -0.25) is 9.36 Å². The Morgan fingerprint density at radius 3 is 2.43 bits per heavy atom. The number of nitrogens with one attached hydrogen (secondary N) is 1. The molecule has 0 aliphatic heterocycles. The van der Waals surface area contributed by atoms with Crippen LogP contribution < -0.4 is 10.1 Å². The van der Waals surface area contributed by atoms with Crippen molar-refractivity contribution in [2.75, 3.05) is 5.32 Å². The highest BCUT2D eigenvalue weighted by molar-refractivity contribution is 6.04. The largest absolute Gasteiger partial charge is 0.439 e. The van der Waals surface area contributed by atoms with Crippen molar-refractivity contribution in [3.63, 3.8) is 0 Å². The Labute approximate surface area is 170 Å². The normalized spacial score (nSPS) is 10.6. The Balaban J connectivity index is 1.47. The molecule has 2 aromatic carbocycles. The van der Waals surface area contributed by atoms with Crippen molar-refractivity contribution in [1.29, 1.82) is 0 Å². The average Bonchev–Trinajstić information content (AvgIpc) is 3.15. The van der Waals surface area contributed by atoms with E-state index >= 15 is 0 Å². The van der Waals surface area contributed by atoms with Crippen LogP contribution in [0.5, 0.6) is 11.6 Å². The van der Waals surface area contributed by atoms with Crippen LogP contribution in [0.25, 0.3) is 5.82 Å². The fourth-order valence-electron chi connectivity index (χ4n) is 2.77. The predicted octanol–water partition coefficient (Wildman–Crippen LogP) is 4.29. The summed E-state index contributed by atoms with van der Waals surface area (Å²) in [5.41, 5.74) is -0.284. The zero-order chi connectivity index (χ0) is 21.1. The highest BCUT2D eigenvalue weighted by atomic mass is 19.1. The van der Waals surface area contributed by atoms with Crippen LogP contribution in [0, 0.1) is 18.6 Å². The molecular weight excluding hydrogens is 392 g/mol. The molecule has 4 rings (SSSR count). The van der Waals surface area contributed by atoms with Gasteiger partial charge in [0.05, 0.1) is 0 Å². The molecule has 1 amide bonds. The van der Waals surface area contributed by atoms with Crippen LogP contribution >= 0.6 is 0 Å². The molecular formula is C21H15F2N5O2. The number of aryl methyl sites for hydroxylation is 1. The quantitative estimate of drug-likeness (QED) is 0.534. The van der Waals surface area contributed by atoms with E-state index in [0.717, 1.165) is 18.0 Å². The number of anilines is 1. The van der Waals surface area contributed by atoms with Gasteiger partial charge in [0.15, 0.2) is 0 Å². The fourth-order valence-corrected chi connectivity index (χ4v) is 2.77. The lowest BCUT2D eigenvalue weighted by atomic mass is 10.2. The molecule has 0 bridgehead atoms. The van der Waals surface area contributed by atoms with Crippen molar-refractivity contribution < 1.29 is 18.3 Å². The lowest BCUT2D eigenvalue weighted by molar-refractivity contribution is 0.101. The molecule has 0 saturated carbocycles. The maximum Gasteiger partial charge on any atom is 0.261 e. The van der Waals surface area contributed by atoms with Crippen LogP contribution in [0.3, 0.4) is 0 Å². The smallest absolute Gasteiger partial charge is 0.261 e. The standard InChI is InChI=1S/C21H15F2N5O2/c1-13-24-9-10-28(13)18-11-19(26-12-25-18)30-15-7-5-14(6-8-15)27-21(29)20-16(22)3-2-4-17(20)23/h2-12H,1H3,(H,27,29). The number of benzene rings is 2. The van der Waals surface area contributed by atoms with E-state index in [9.17, 15) is 13.6 Å². The third kappa shape index (κ3) is 4.00. The SMILES string of the molecule is Cc1nccn1-c1cc(Oc2ccc(NC(=O)c3c(F)cccc3F)cc2)ncn1. The maximum atomic E-state index is 13.7.